The van der Waals surface area contributed by atoms with Gasteiger partial charge in [0.1, 0.15) is 16.7 Å². The molecule has 31 heavy (non-hydrogen) atoms. The summed E-state index contributed by atoms with van der Waals surface area (Å²) >= 11 is 11.5. The highest BCUT2D eigenvalue weighted by atomic mass is 35.5. The van der Waals surface area contributed by atoms with Gasteiger partial charge >= 0.3 is 0 Å². The predicted molar refractivity (Wildman–Crippen MR) is 120 cm³/mol. The van der Waals surface area contributed by atoms with Crippen LogP contribution in [-0.4, -0.2) is 24.7 Å². The number of halogens is 3. The molecule has 2 N–H and O–H groups in total. The molecule has 0 aliphatic carbocycles. The Morgan fingerprint density at radius 1 is 0.968 bits per heavy atom. The first kappa shape index (κ1) is 21.0. The Morgan fingerprint density at radius 3 is 2.61 bits per heavy atom. The van der Waals surface area contributed by atoms with Gasteiger partial charge < -0.3 is 10.6 Å². The molecule has 2 heterocycles. The van der Waals surface area contributed by atoms with Crippen LogP contribution < -0.4 is 10.6 Å². The van der Waals surface area contributed by atoms with Crippen molar-refractivity contribution < 1.29 is 8.78 Å². The number of hydrogen-bond acceptors (Lipinski definition) is 3. The normalized spacial score (nSPS) is 10.8. The van der Waals surface area contributed by atoms with E-state index in [4.69, 9.17) is 23.8 Å². The molecule has 10 heteroatoms. The van der Waals surface area contributed by atoms with Crippen molar-refractivity contribution in [1.82, 2.24) is 19.6 Å². The minimum atomic E-state index is -0.311. The molecule has 6 nitrogen and oxygen atoms in total. The molecule has 0 radical (unpaired) electrons. The van der Waals surface area contributed by atoms with Gasteiger partial charge in [0.15, 0.2) is 16.7 Å². The van der Waals surface area contributed by atoms with Crippen LogP contribution in [-0.2, 0) is 13.1 Å². The Bertz CT molecular complexity index is 1220. The van der Waals surface area contributed by atoms with Gasteiger partial charge in [-0.2, -0.15) is 10.2 Å². The third-order valence-electron chi connectivity index (χ3n) is 4.36. The Hall–Kier alpha value is -3.30. The number of thiocarbonyl (C=S) groups is 1. The maximum Gasteiger partial charge on any atom is 0.177 e. The van der Waals surface area contributed by atoms with Crippen LogP contribution in [0.2, 0.25) is 5.02 Å². The van der Waals surface area contributed by atoms with E-state index in [2.05, 4.69) is 20.8 Å². The van der Waals surface area contributed by atoms with E-state index >= 15 is 0 Å². The summed E-state index contributed by atoms with van der Waals surface area (Å²) in [7, 11) is 0. The fourth-order valence-corrected chi connectivity index (χ4v) is 3.36. The molecule has 0 saturated carbocycles. The average Bonchev–Trinajstić information content (AvgIpc) is 3.29. The highest BCUT2D eigenvalue weighted by molar-refractivity contribution is 7.80. The van der Waals surface area contributed by atoms with E-state index in [1.807, 2.05) is 0 Å². The smallest absolute Gasteiger partial charge is 0.177 e. The Morgan fingerprint density at radius 2 is 1.81 bits per heavy atom. The molecular weight excluding hydrogens is 442 g/mol. The molecule has 0 aliphatic heterocycles. The highest BCUT2D eigenvalue weighted by Gasteiger charge is 2.11. The molecule has 4 rings (SSSR count). The average molecular weight is 459 g/mol. The minimum Gasteiger partial charge on any atom is -0.316 e. The molecule has 2 aromatic carbocycles. The van der Waals surface area contributed by atoms with E-state index in [-0.39, 0.29) is 16.7 Å². The van der Waals surface area contributed by atoms with Crippen molar-refractivity contribution in [2.45, 2.75) is 13.1 Å². The summed E-state index contributed by atoms with van der Waals surface area (Å²) in [5.41, 5.74) is 1.29. The Labute approximate surface area is 187 Å². The van der Waals surface area contributed by atoms with Crippen LogP contribution in [0.5, 0.6) is 0 Å². The second-order valence-corrected chi connectivity index (χ2v) is 7.54. The van der Waals surface area contributed by atoms with E-state index in [0.29, 0.717) is 35.3 Å². The van der Waals surface area contributed by atoms with Crippen molar-refractivity contribution >= 4 is 40.6 Å². The third kappa shape index (κ3) is 5.44. The lowest BCUT2D eigenvalue weighted by molar-refractivity contribution is 0.586. The van der Waals surface area contributed by atoms with Gasteiger partial charge in [0.05, 0.1) is 13.1 Å². The lowest BCUT2D eigenvalue weighted by Gasteiger charge is -2.07. The van der Waals surface area contributed by atoms with Crippen LogP contribution >= 0.6 is 23.8 Å². The first-order valence-electron chi connectivity index (χ1n) is 9.28. The molecule has 0 spiro atoms. The van der Waals surface area contributed by atoms with E-state index in [0.717, 1.165) is 5.56 Å². The van der Waals surface area contributed by atoms with Gasteiger partial charge in [0.25, 0.3) is 0 Å². The van der Waals surface area contributed by atoms with Gasteiger partial charge in [0, 0.05) is 24.0 Å². The number of rotatable bonds is 6. The topological polar surface area (TPSA) is 59.7 Å². The largest absolute Gasteiger partial charge is 0.316 e. The minimum absolute atomic E-state index is 0.244. The number of nitrogens with zero attached hydrogens (tertiary/aromatic N) is 4. The maximum absolute atomic E-state index is 13.8. The van der Waals surface area contributed by atoms with Crippen LogP contribution in [0.25, 0.3) is 0 Å². The summed E-state index contributed by atoms with van der Waals surface area (Å²) < 4.78 is 30.4. The third-order valence-corrected chi connectivity index (χ3v) is 4.84. The molecular formula is C21H17ClF2N6S. The number of anilines is 2. The van der Waals surface area contributed by atoms with Crippen molar-refractivity contribution in [3.8, 4) is 0 Å². The van der Waals surface area contributed by atoms with Gasteiger partial charge in [-0.25, -0.2) is 8.78 Å². The highest BCUT2D eigenvalue weighted by Crippen LogP contribution is 2.20. The van der Waals surface area contributed by atoms with Gasteiger partial charge in [0.2, 0.25) is 0 Å². The first-order chi connectivity index (χ1) is 15.0. The number of aromatic nitrogens is 4. The fraction of sp³-hybridized carbons (Fsp3) is 0.0952. The summed E-state index contributed by atoms with van der Waals surface area (Å²) in [6.07, 6.45) is 3.35. The number of nitrogens with one attached hydrogen (secondary N) is 2. The molecule has 0 unspecified atom stereocenters. The van der Waals surface area contributed by atoms with Crippen molar-refractivity contribution in [2.24, 2.45) is 0 Å². The Balaban J connectivity index is 1.36. The standard InChI is InChI=1S/C21H17ClF2N6S/c22-17-13-30(11-14-4-3-6-16(23)10-14)28-20(17)26-21(31)25-19-8-9-29(27-19)12-15-5-1-2-7-18(15)24/h1-10,13H,11-12H2,(H2,25,26,27,28,31). The molecule has 0 bridgehead atoms. The number of benzene rings is 2. The van der Waals surface area contributed by atoms with E-state index in [1.165, 1.54) is 18.2 Å². The first-order valence-corrected chi connectivity index (χ1v) is 10.1. The van der Waals surface area contributed by atoms with Gasteiger partial charge in [-0.05, 0) is 36.0 Å². The van der Waals surface area contributed by atoms with Crippen molar-refractivity contribution in [3.05, 3.63) is 94.8 Å². The molecule has 0 atom stereocenters. The van der Waals surface area contributed by atoms with Crippen LogP contribution in [0.3, 0.4) is 0 Å². The summed E-state index contributed by atoms with van der Waals surface area (Å²) in [6.45, 7) is 0.657. The van der Waals surface area contributed by atoms with E-state index in [1.54, 1.807) is 58.2 Å². The van der Waals surface area contributed by atoms with Gasteiger partial charge in [-0.3, -0.25) is 9.36 Å². The molecule has 0 aliphatic rings. The van der Waals surface area contributed by atoms with E-state index < -0.39 is 0 Å². The van der Waals surface area contributed by atoms with Gasteiger partial charge in [-0.1, -0.05) is 41.9 Å². The van der Waals surface area contributed by atoms with Crippen LogP contribution in [0.4, 0.5) is 20.4 Å². The zero-order valence-electron chi connectivity index (χ0n) is 16.1. The second kappa shape index (κ2) is 9.23. The molecule has 158 valence electrons. The summed E-state index contributed by atoms with van der Waals surface area (Å²) in [5, 5.41) is 15.2. The Kier molecular flexibility index (Phi) is 6.24. The van der Waals surface area contributed by atoms with E-state index in [9.17, 15) is 8.78 Å². The van der Waals surface area contributed by atoms with Crippen LogP contribution in [0, 0.1) is 11.6 Å². The van der Waals surface area contributed by atoms with Crippen molar-refractivity contribution in [1.29, 1.82) is 0 Å². The zero-order chi connectivity index (χ0) is 21.8. The monoisotopic (exact) mass is 458 g/mol. The summed E-state index contributed by atoms with van der Waals surface area (Å²) in [6, 6.07) is 14.5. The molecule has 0 saturated heterocycles. The lowest BCUT2D eigenvalue weighted by Crippen LogP contribution is -2.20. The number of hydrogen-bond donors (Lipinski definition) is 2. The van der Waals surface area contributed by atoms with Crippen LogP contribution in [0.15, 0.2) is 67.0 Å². The molecule has 0 amide bonds. The van der Waals surface area contributed by atoms with Crippen LogP contribution in [0.1, 0.15) is 11.1 Å². The van der Waals surface area contributed by atoms with Crippen molar-refractivity contribution in [3.63, 3.8) is 0 Å². The maximum atomic E-state index is 13.8. The second-order valence-electron chi connectivity index (χ2n) is 6.72. The lowest BCUT2D eigenvalue weighted by atomic mass is 10.2. The summed E-state index contributed by atoms with van der Waals surface area (Å²) in [4.78, 5) is 0. The predicted octanol–water partition coefficient (Wildman–Crippen LogP) is 4.92. The van der Waals surface area contributed by atoms with Crippen molar-refractivity contribution in [2.75, 3.05) is 10.6 Å². The fourth-order valence-electron chi connectivity index (χ4n) is 2.96. The molecule has 0 fully saturated rings. The zero-order valence-corrected chi connectivity index (χ0v) is 17.7. The molecule has 2 aromatic heterocycles. The molecule has 4 aromatic rings. The van der Waals surface area contributed by atoms with Gasteiger partial charge in [-0.15, -0.1) is 0 Å². The quantitative estimate of drug-likeness (QED) is 0.402. The summed E-state index contributed by atoms with van der Waals surface area (Å²) in [5.74, 6) is 0.257. The SMILES string of the molecule is Fc1cccc(Cn2cc(Cl)c(NC(=S)Nc3ccn(Cc4ccccc4F)n3)n2)c1.